The molecule has 4 rings (SSSR count). The molecule has 0 spiro atoms. The summed E-state index contributed by atoms with van der Waals surface area (Å²) in [4.78, 5) is 0. The second kappa shape index (κ2) is 5.59. The Kier molecular flexibility index (Phi) is 3.87. The molecule has 24 heavy (non-hydrogen) atoms. The molecule has 0 heterocycles. The van der Waals surface area contributed by atoms with Crippen LogP contribution in [0.2, 0.25) is 0 Å². The van der Waals surface area contributed by atoms with E-state index in [4.69, 9.17) is 0 Å². The summed E-state index contributed by atoms with van der Waals surface area (Å²) in [6.07, 6.45) is 12.1. The minimum Gasteiger partial charge on any atom is -0.393 e. The lowest BCUT2D eigenvalue weighted by molar-refractivity contribution is -0.0721. The van der Waals surface area contributed by atoms with E-state index in [9.17, 15) is 5.11 Å². The van der Waals surface area contributed by atoms with E-state index in [1.807, 2.05) is 19.1 Å². The van der Waals surface area contributed by atoms with E-state index < -0.39 is 0 Å². The zero-order chi connectivity index (χ0) is 17.1. The molecule has 0 bridgehead atoms. The number of hydrazone groups is 1. The van der Waals surface area contributed by atoms with Crippen LogP contribution in [0.15, 0.2) is 16.8 Å². The molecule has 3 heteroatoms. The van der Waals surface area contributed by atoms with Crippen molar-refractivity contribution >= 4 is 5.71 Å². The number of aliphatic hydroxyl groups excluding tert-OH is 1. The van der Waals surface area contributed by atoms with Crippen molar-refractivity contribution in [3.63, 3.8) is 0 Å². The Morgan fingerprint density at radius 3 is 2.58 bits per heavy atom. The fourth-order valence-corrected chi connectivity index (χ4v) is 6.88. The van der Waals surface area contributed by atoms with E-state index in [0.29, 0.717) is 5.41 Å². The Morgan fingerprint density at radius 2 is 1.83 bits per heavy atom. The van der Waals surface area contributed by atoms with Crippen molar-refractivity contribution in [3.05, 3.63) is 11.6 Å². The Balaban J connectivity index is 1.63. The molecular weight excluding hydrogens is 296 g/mol. The quantitative estimate of drug-likeness (QED) is 0.730. The highest BCUT2D eigenvalue weighted by atomic mass is 16.3. The Morgan fingerprint density at radius 1 is 1.04 bits per heavy atom. The van der Waals surface area contributed by atoms with E-state index in [1.54, 1.807) is 5.57 Å². The van der Waals surface area contributed by atoms with Gasteiger partial charge in [0.25, 0.3) is 0 Å². The van der Waals surface area contributed by atoms with Crippen LogP contribution in [0.4, 0.5) is 0 Å². The molecule has 1 N–H and O–H groups in total. The summed E-state index contributed by atoms with van der Waals surface area (Å²) in [7, 11) is 4.03. The van der Waals surface area contributed by atoms with Gasteiger partial charge in [0.2, 0.25) is 0 Å². The molecule has 6 atom stereocenters. The molecule has 0 aliphatic heterocycles. The number of fused-ring (bicyclic) bond motifs is 5. The third-order valence-electron chi connectivity index (χ3n) is 8.26. The molecule has 4 aliphatic carbocycles. The predicted molar refractivity (Wildman–Crippen MR) is 98.8 cm³/mol. The van der Waals surface area contributed by atoms with Crippen molar-refractivity contribution in [2.75, 3.05) is 14.1 Å². The summed E-state index contributed by atoms with van der Waals surface area (Å²) in [5, 5.41) is 17.2. The summed E-state index contributed by atoms with van der Waals surface area (Å²) in [5.41, 5.74) is 3.51. The molecule has 134 valence electrons. The zero-order valence-electron chi connectivity index (χ0n) is 15.9. The average molecular weight is 331 g/mol. The first-order valence-electron chi connectivity index (χ1n) is 9.98. The number of nitrogens with zero attached hydrogens (tertiary/aromatic N) is 2. The normalized spacial score (nSPS) is 49.2. The maximum atomic E-state index is 10.6. The predicted octanol–water partition coefficient (Wildman–Crippen LogP) is 4.23. The van der Waals surface area contributed by atoms with Gasteiger partial charge in [0, 0.05) is 14.1 Å². The largest absolute Gasteiger partial charge is 0.393 e. The SMILES string of the molecule is CN(C)/N=C1/C=C2CCC3C(CCC4(C)C(O)CCC34)C2(C)CC1. The highest BCUT2D eigenvalue weighted by Gasteiger charge is 2.58. The Bertz CT molecular complexity index is 580. The number of rotatable bonds is 1. The number of hydrogen-bond donors (Lipinski definition) is 1. The fraction of sp³-hybridized carbons (Fsp3) is 0.857. The van der Waals surface area contributed by atoms with Crippen LogP contribution < -0.4 is 0 Å². The Labute approximate surface area is 147 Å². The maximum Gasteiger partial charge on any atom is 0.0605 e. The van der Waals surface area contributed by atoms with E-state index >= 15 is 0 Å². The lowest BCUT2D eigenvalue weighted by atomic mass is 9.47. The smallest absolute Gasteiger partial charge is 0.0605 e. The van der Waals surface area contributed by atoms with Gasteiger partial charge in [-0.2, -0.15) is 5.10 Å². The topological polar surface area (TPSA) is 35.8 Å². The second-order valence-corrected chi connectivity index (χ2v) is 9.58. The van der Waals surface area contributed by atoms with Crippen LogP contribution in [0.5, 0.6) is 0 Å². The van der Waals surface area contributed by atoms with Crippen molar-refractivity contribution < 1.29 is 5.11 Å². The van der Waals surface area contributed by atoms with Crippen molar-refractivity contribution in [1.82, 2.24) is 5.01 Å². The minimum atomic E-state index is -0.0571. The molecule has 6 unspecified atom stereocenters. The monoisotopic (exact) mass is 330 g/mol. The molecule has 3 saturated carbocycles. The average Bonchev–Trinajstić information content (AvgIpc) is 2.83. The summed E-state index contributed by atoms with van der Waals surface area (Å²) in [6, 6.07) is 0. The molecule has 0 radical (unpaired) electrons. The van der Waals surface area contributed by atoms with E-state index in [1.165, 1.54) is 44.2 Å². The molecule has 4 aliphatic rings. The molecule has 3 fully saturated rings. The maximum absolute atomic E-state index is 10.6. The van der Waals surface area contributed by atoms with Gasteiger partial charge < -0.3 is 10.1 Å². The van der Waals surface area contributed by atoms with Crippen molar-refractivity contribution in [3.8, 4) is 0 Å². The van der Waals surface area contributed by atoms with Gasteiger partial charge in [-0.05, 0) is 86.0 Å². The lowest BCUT2D eigenvalue weighted by Crippen LogP contribution is -2.51. The number of hydrogen-bond acceptors (Lipinski definition) is 3. The molecule has 0 aromatic carbocycles. The minimum absolute atomic E-state index is 0.0571. The van der Waals surface area contributed by atoms with Crippen LogP contribution in [-0.4, -0.2) is 36.0 Å². The van der Waals surface area contributed by atoms with Gasteiger partial charge in [0.1, 0.15) is 0 Å². The molecule has 0 aromatic heterocycles. The first kappa shape index (κ1) is 16.6. The van der Waals surface area contributed by atoms with Crippen molar-refractivity contribution in [2.24, 2.45) is 33.7 Å². The van der Waals surface area contributed by atoms with E-state index in [0.717, 1.165) is 30.6 Å². The van der Waals surface area contributed by atoms with Gasteiger partial charge in [-0.3, -0.25) is 0 Å². The zero-order valence-corrected chi connectivity index (χ0v) is 15.9. The van der Waals surface area contributed by atoms with Crippen LogP contribution >= 0.6 is 0 Å². The van der Waals surface area contributed by atoms with Gasteiger partial charge in [0.05, 0.1) is 11.8 Å². The van der Waals surface area contributed by atoms with Gasteiger partial charge in [-0.25, -0.2) is 0 Å². The highest BCUT2D eigenvalue weighted by molar-refractivity contribution is 5.96. The fourth-order valence-electron chi connectivity index (χ4n) is 6.88. The van der Waals surface area contributed by atoms with Crippen LogP contribution in [0.25, 0.3) is 0 Å². The first-order valence-corrected chi connectivity index (χ1v) is 9.98. The number of aliphatic hydroxyl groups is 1. The highest BCUT2D eigenvalue weighted by Crippen LogP contribution is 2.65. The van der Waals surface area contributed by atoms with Gasteiger partial charge >= 0.3 is 0 Å². The van der Waals surface area contributed by atoms with Crippen LogP contribution in [0.3, 0.4) is 0 Å². The molecule has 3 nitrogen and oxygen atoms in total. The van der Waals surface area contributed by atoms with Gasteiger partial charge in [0.15, 0.2) is 0 Å². The second-order valence-electron chi connectivity index (χ2n) is 9.58. The summed E-state index contributed by atoms with van der Waals surface area (Å²) in [6.45, 7) is 4.91. The first-order chi connectivity index (χ1) is 11.3. The van der Waals surface area contributed by atoms with Crippen molar-refractivity contribution in [1.29, 1.82) is 0 Å². The van der Waals surface area contributed by atoms with Crippen LogP contribution in [-0.2, 0) is 0 Å². The van der Waals surface area contributed by atoms with Crippen molar-refractivity contribution in [2.45, 2.75) is 71.3 Å². The lowest BCUT2D eigenvalue weighted by Gasteiger charge is -2.57. The van der Waals surface area contributed by atoms with Crippen LogP contribution in [0, 0.1) is 28.6 Å². The van der Waals surface area contributed by atoms with E-state index in [-0.39, 0.29) is 11.5 Å². The van der Waals surface area contributed by atoms with Gasteiger partial charge in [-0.15, -0.1) is 0 Å². The molecule has 0 aromatic rings. The van der Waals surface area contributed by atoms with Crippen LogP contribution in [0.1, 0.15) is 65.2 Å². The van der Waals surface area contributed by atoms with Gasteiger partial charge in [-0.1, -0.05) is 19.4 Å². The standard InChI is InChI=1S/C21H34N2O/c1-20-11-9-15(22-23(3)4)13-14(20)5-6-16-17-7-8-19(24)21(17,2)12-10-18(16)20/h13,16-19,24H,5-12H2,1-4H3/b22-15+. The molecular formula is C21H34N2O. The third-order valence-corrected chi connectivity index (χ3v) is 8.26. The summed E-state index contributed by atoms with van der Waals surface area (Å²) >= 11 is 0. The molecule has 0 saturated heterocycles. The summed E-state index contributed by atoms with van der Waals surface area (Å²) in [5.74, 6) is 2.40. The van der Waals surface area contributed by atoms with E-state index in [2.05, 4.69) is 25.0 Å². The third kappa shape index (κ3) is 2.30. The number of allylic oxidation sites excluding steroid dienone is 2. The summed E-state index contributed by atoms with van der Waals surface area (Å²) < 4.78 is 0. The Hall–Kier alpha value is -0.830. The molecule has 0 amide bonds.